The zero-order valence-corrected chi connectivity index (χ0v) is 15.0. The molecule has 1 heterocycles. The van der Waals surface area contributed by atoms with Crippen LogP contribution >= 0.6 is 0 Å². The number of hydrazine groups is 1. The number of amides is 2. The standard InChI is InChI=1S/C21H26N2O3/c24-19(12-21-9-13-5-14(10-21)7-15(6-13)11-21)22-23-20(25)18-8-16-3-1-2-4-17(16)26-18/h1-4,13-15,18H,5-12H2,(H,22,24)(H,23,25)/t13?,14?,15?,18-,21?/m0/s1. The van der Waals surface area contributed by atoms with Crippen molar-refractivity contribution in [3.63, 3.8) is 0 Å². The summed E-state index contributed by atoms with van der Waals surface area (Å²) < 4.78 is 5.67. The van der Waals surface area contributed by atoms with E-state index in [1.165, 1.54) is 38.5 Å². The van der Waals surface area contributed by atoms with E-state index in [9.17, 15) is 9.59 Å². The molecule has 2 N–H and O–H groups in total. The lowest BCUT2D eigenvalue weighted by Crippen LogP contribution is -2.51. The Morgan fingerprint density at radius 3 is 2.31 bits per heavy atom. The Labute approximate surface area is 153 Å². The van der Waals surface area contributed by atoms with Gasteiger partial charge in [-0.15, -0.1) is 0 Å². The number of benzene rings is 1. The number of ether oxygens (including phenoxy) is 1. The largest absolute Gasteiger partial charge is 0.480 e. The summed E-state index contributed by atoms with van der Waals surface area (Å²) in [5, 5.41) is 0. The fourth-order valence-corrected chi connectivity index (χ4v) is 6.43. The van der Waals surface area contributed by atoms with Crippen LogP contribution in [0.25, 0.3) is 0 Å². The van der Waals surface area contributed by atoms with E-state index in [-0.39, 0.29) is 17.2 Å². The van der Waals surface area contributed by atoms with Gasteiger partial charge >= 0.3 is 0 Å². The van der Waals surface area contributed by atoms with Gasteiger partial charge in [0.2, 0.25) is 5.91 Å². The Bertz CT molecular complexity index is 684. The van der Waals surface area contributed by atoms with E-state index < -0.39 is 6.10 Å². The minimum Gasteiger partial charge on any atom is -0.480 e. The molecule has 5 heteroatoms. The number of carbonyl (C=O) groups excluding carboxylic acids is 2. The zero-order chi connectivity index (χ0) is 17.7. The fourth-order valence-electron chi connectivity index (χ4n) is 6.43. The smallest absolute Gasteiger partial charge is 0.279 e. The summed E-state index contributed by atoms with van der Waals surface area (Å²) in [6.45, 7) is 0. The summed E-state index contributed by atoms with van der Waals surface area (Å²) in [6.07, 6.45) is 8.23. The minimum atomic E-state index is -0.563. The van der Waals surface area contributed by atoms with Crippen molar-refractivity contribution in [3.05, 3.63) is 29.8 Å². The molecule has 1 aromatic rings. The molecule has 4 saturated carbocycles. The van der Waals surface area contributed by atoms with Crippen molar-refractivity contribution in [2.24, 2.45) is 23.2 Å². The maximum absolute atomic E-state index is 12.5. The van der Waals surface area contributed by atoms with Gasteiger partial charge in [0, 0.05) is 12.8 Å². The first-order chi connectivity index (χ1) is 12.6. The van der Waals surface area contributed by atoms with Gasteiger partial charge in [0.1, 0.15) is 5.75 Å². The Hall–Kier alpha value is -2.04. The van der Waals surface area contributed by atoms with E-state index in [0.29, 0.717) is 12.8 Å². The van der Waals surface area contributed by atoms with Gasteiger partial charge in [-0.1, -0.05) is 18.2 Å². The van der Waals surface area contributed by atoms with Crippen LogP contribution in [0.2, 0.25) is 0 Å². The second kappa shape index (κ2) is 6.00. The van der Waals surface area contributed by atoms with Crippen LogP contribution in [0, 0.1) is 23.2 Å². The zero-order valence-electron chi connectivity index (χ0n) is 15.0. The quantitative estimate of drug-likeness (QED) is 0.820. The number of hydrogen-bond donors (Lipinski definition) is 2. The molecule has 138 valence electrons. The van der Waals surface area contributed by atoms with E-state index in [0.717, 1.165) is 29.1 Å². The molecule has 5 nitrogen and oxygen atoms in total. The van der Waals surface area contributed by atoms with Crippen molar-refractivity contribution < 1.29 is 14.3 Å². The van der Waals surface area contributed by atoms with E-state index in [2.05, 4.69) is 10.9 Å². The van der Waals surface area contributed by atoms with Gasteiger partial charge < -0.3 is 4.74 Å². The molecular weight excluding hydrogens is 328 g/mol. The summed E-state index contributed by atoms with van der Waals surface area (Å²) in [4.78, 5) is 24.8. The van der Waals surface area contributed by atoms with Crippen LogP contribution in [-0.2, 0) is 16.0 Å². The highest BCUT2D eigenvalue weighted by molar-refractivity contribution is 5.86. The Balaban J connectivity index is 1.14. The predicted octanol–water partition coefficient (Wildman–Crippen LogP) is 2.74. The molecule has 2 amide bonds. The molecule has 26 heavy (non-hydrogen) atoms. The average Bonchev–Trinajstić information content (AvgIpc) is 3.02. The highest BCUT2D eigenvalue weighted by Crippen LogP contribution is 2.61. The summed E-state index contributed by atoms with van der Waals surface area (Å²) >= 11 is 0. The lowest BCUT2D eigenvalue weighted by atomic mass is 9.49. The van der Waals surface area contributed by atoms with Crippen LogP contribution in [0.1, 0.15) is 50.5 Å². The van der Waals surface area contributed by atoms with Crippen molar-refractivity contribution >= 4 is 11.8 Å². The van der Waals surface area contributed by atoms with Gasteiger partial charge in [0.05, 0.1) is 0 Å². The third-order valence-corrected chi connectivity index (χ3v) is 6.97. The highest BCUT2D eigenvalue weighted by atomic mass is 16.5. The molecule has 1 aliphatic heterocycles. The first-order valence-corrected chi connectivity index (χ1v) is 9.92. The Kier molecular flexibility index (Phi) is 3.73. The molecule has 0 spiro atoms. The summed E-state index contributed by atoms with van der Waals surface area (Å²) in [6, 6.07) is 7.67. The third kappa shape index (κ3) is 2.87. The maximum Gasteiger partial charge on any atom is 0.279 e. The van der Waals surface area contributed by atoms with Gasteiger partial charge in [-0.3, -0.25) is 20.4 Å². The lowest BCUT2D eigenvalue weighted by Gasteiger charge is -2.56. The number of para-hydroxylation sites is 1. The summed E-state index contributed by atoms with van der Waals surface area (Å²) in [5.74, 6) is 2.90. The van der Waals surface area contributed by atoms with Crippen LogP contribution in [0.15, 0.2) is 24.3 Å². The topological polar surface area (TPSA) is 67.4 Å². The predicted molar refractivity (Wildman–Crippen MR) is 96.1 cm³/mol. The second-order valence-corrected chi connectivity index (χ2v) is 9.05. The van der Waals surface area contributed by atoms with Gasteiger partial charge in [0.25, 0.3) is 5.91 Å². The van der Waals surface area contributed by atoms with Crippen LogP contribution in [0.4, 0.5) is 0 Å². The average molecular weight is 354 g/mol. The van der Waals surface area contributed by atoms with E-state index in [1.807, 2.05) is 24.3 Å². The van der Waals surface area contributed by atoms with Crippen LogP contribution < -0.4 is 15.6 Å². The van der Waals surface area contributed by atoms with Crippen molar-refractivity contribution in [1.82, 2.24) is 10.9 Å². The molecule has 0 unspecified atom stereocenters. The summed E-state index contributed by atoms with van der Waals surface area (Å²) in [7, 11) is 0. The molecule has 4 aliphatic carbocycles. The summed E-state index contributed by atoms with van der Waals surface area (Å²) in [5.41, 5.74) is 6.44. The van der Waals surface area contributed by atoms with E-state index in [1.54, 1.807) is 0 Å². The normalized spacial score (nSPS) is 36.3. The molecule has 1 atom stereocenters. The Morgan fingerprint density at radius 2 is 1.65 bits per heavy atom. The minimum absolute atomic E-state index is 0.0594. The second-order valence-electron chi connectivity index (χ2n) is 9.05. The monoisotopic (exact) mass is 354 g/mol. The van der Waals surface area contributed by atoms with Gasteiger partial charge in [-0.05, 0) is 73.3 Å². The van der Waals surface area contributed by atoms with E-state index in [4.69, 9.17) is 4.74 Å². The van der Waals surface area contributed by atoms with Crippen LogP contribution in [0.3, 0.4) is 0 Å². The molecule has 4 fully saturated rings. The first kappa shape index (κ1) is 16.2. The number of hydrogen-bond acceptors (Lipinski definition) is 3. The van der Waals surface area contributed by atoms with Crippen LogP contribution in [-0.4, -0.2) is 17.9 Å². The lowest BCUT2D eigenvalue weighted by molar-refractivity contribution is -0.136. The molecule has 5 aliphatic rings. The van der Waals surface area contributed by atoms with Crippen molar-refractivity contribution in [3.8, 4) is 5.75 Å². The number of carbonyl (C=O) groups is 2. The van der Waals surface area contributed by atoms with Gasteiger partial charge in [0.15, 0.2) is 6.10 Å². The number of rotatable bonds is 3. The fraction of sp³-hybridized carbons (Fsp3) is 0.619. The van der Waals surface area contributed by atoms with Crippen LogP contribution in [0.5, 0.6) is 5.75 Å². The molecule has 6 rings (SSSR count). The number of fused-ring (bicyclic) bond motifs is 1. The van der Waals surface area contributed by atoms with Gasteiger partial charge in [-0.25, -0.2) is 0 Å². The molecule has 0 radical (unpaired) electrons. The molecule has 1 aromatic carbocycles. The van der Waals surface area contributed by atoms with Crippen molar-refractivity contribution in [1.29, 1.82) is 0 Å². The third-order valence-electron chi connectivity index (χ3n) is 6.97. The maximum atomic E-state index is 12.5. The first-order valence-electron chi connectivity index (χ1n) is 9.92. The highest BCUT2D eigenvalue weighted by Gasteiger charge is 2.51. The van der Waals surface area contributed by atoms with E-state index >= 15 is 0 Å². The Morgan fingerprint density at radius 1 is 1.00 bits per heavy atom. The molecule has 0 aromatic heterocycles. The van der Waals surface area contributed by atoms with Crippen molar-refractivity contribution in [2.75, 3.05) is 0 Å². The molecule has 0 saturated heterocycles. The number of nitrogens with one attached hydrogen (secondary N) is 2. The SMILES string of the molecule is O=C(CC12CC3CC(CC(C3)C1)C2)NNC(=O)[C@@H]1Cc2ccccc2O1. The molecular formula is C21H26N2O3. The molecule has 4 bridgehead atoms. The van der Waals surface area contributed by atoms with Crippen molar-refractivity contribution in [2.45, 2.75) is 57.5 Å². The van der Waals surface area contributed by atoms with Gasteiger partial charge in [-0.2, -0.15) is 0 Å².